The minimum absolute atomic E-state index is 0.271. The highest BCUT2D eigenvalue weighted by Gasteiger charge is 2.39. The zero-order chi connectivity index (χ0) is 36.7. The summed E-state index contributed by atoms with van der Waals surface area (Å²) in [5.41, 5.74) is 12.1. The lowest BCUT2D eigenvalue weighted by molar-refractivity contribution is -0.136. The maximum absolute atomic E-state index is 14.9. The van der Waals surface area contributed by atoms with Gasteiger partial charge in [-0.05, 0) is 64.4 Å². The van der Waals surface area contributed by atoms with E-state index in [2.05, 4.69) is 54.7 Å². The van der Waals surface area contributed by atoms with Gasteiger partial charge in [-0.2, -0.15) is 0 Å². The zero-order valence-corrected chi connectivity index (χ0v) is 30.4. The number of nitrogens with one attached hydrogen (secondary N) is 1. The molecule has 1 saturated carbocycles. The van der Waals surface area contributed by atoms with Gasteiger partial charge in [0.05, 0.1) is 17.9 Å². The predicted octanol–water partition coefficient (Wildman–Crippen LogP) is 8.82. The number of hydrogen-bond acceptors (Lipinski definition) is 4. The first-order valence-electron chi connectivity index (χ1n) is 19.1. The molecule has 1 aliphatic carbocycles. The van der Waals surface area contributed by atoms with E-state index in [0.717, 1.165) is 71.7 Å². The molecule has 7 heteroatoms. The van der Waals surface area contributed by atoms with Crippen LogP contribution < -0.4 is 16.0 Å². The van der Waals surface area contributed by atoms with Crippen molar-refractivity contribution in [1.29, 1.82) is 0 Å². The number of carbonyl (C=O) groups is 3. The van der Waals surface area contributed by atoms with Gasteiger partial charge in [0, 0.05) is 23.0 Å². The Kier molecular flexibility index (Phi) is 11.1. The number of rotatable bonds is 13. The van der Waals surface area contributed by atoms with Crippen LogP contribution in [0.5, 0.6) is 0 Å². The van der Waals surface area contributed by atoms with Crippen LogP contribution >= 0.6 is 0 Å². The molecule has 3 amide bonds. The molecular formula is C46H48N4O3. The molecule has 7 rings (SSSR count). The molecule has 0 bridgehead atoms. The van der Waals surface area contributed by atoms with Gasteiger partial charge in [0.1, 0.15) is 0 Å². The van der Waals surface area contributed by atoms with Gasteiger partial charge in [-0.15, -0.1) is 0 Å². The van der Waals surface area contributed by atoms with Crippen LogP contribution in [0.1, 0.15) is 75.0 Å². The van der Waals surface area contributed by atoms with Crippen LogP contribution in [0.3, 0.4) is 0 Å². The lowest BCUT2D eigenvalue weighted by Crippen LogP contribution is -2.50. The Hall–Kier alpha value is -5.56. The van der Waals surface area contributed by atoms with Crippen molar-refractivity contribution in [2.45, 2.75) is 71.0 Å². The zero-order valence-electron chi connectivity index (χ0n) is 30.4. The Morgan fingerprint density at radius 1 is 0.792 bits per heavy atom. The summed E-state index contributed by atoms with van der Waals surface area (Å²) in [6.07, 6.45) is 5.90. The minimum atomic E-state index is -1.21. The van der Waals surface area contributed by atoms with E-state index in [0.29, 0.717) is 30.2 Å². The molecule has 2 aliphatic rings. The van der Waals surface area contributed by atoms with E-state index in [4.69, 9.17) is 10.7 Å². The maximum atomic E-state index is 14.9. The fourth-order valence-electron chi connectivity index (χ4n) is 8.18. The summed E-state index contributed by atoms with van der Waals surface area (Å²) in [6.45, 7) is 2.34. The number of nitrogens with two attached hydrogens (primary N) is 1. The van der Waals surface area contributed by atoms with Crippen LogP contribution in [-0.2, 0) is 20.9 Å². The van der Waals surface area contributed by atoms with Crippen molar-refractivity contribution >= 4 is 39.9 Å². The first-order valence-corrected chi connectivity index (χ1v) is 19.1. The Labute approximate surface area is 312 Å². The van der Waals surface area contributed by atoms with Crippen LogP contribution in [0.25, 0.3) is 21.9 Å². The predicted molar refractivity (Wildman–Crippen MR) is 213 cm³/mol. The summed E-state index contributed by atoms with van der Waals surface area (Å²) in [4.78, 5) is 49.1. The summed E-state index contributed by atoms with van der Waals surface area (Å²) in [6, 6.07) is 40.6. The average molecular weight is 705 g/mol. The normalized spacial score (nSPS) is 17.2. The molecule has 53 heavy (non-hydrogen) atoms. The first kappa shape index (κ1) is 35.8. The van der Waals surface area contributed by atoms with Crippen molar-refractivity contribution in [2.75, 3.05) is 4.90 Å². The maximum Gasteiger partial charge on any atom is 0.272 e. The Bertz CT molecular complexity index is 2120. The number of amides is 3. The fraction of sp³-hybridized carbons (Fsp3) is 0.304. The van der Waals surface area contributed by atoms with E-state index in [1.165, 1.54) is 5.39 Å². The molecule has 7 nitrogen and oxygen atoms in total. The van der Waals surface area contributed by atoms with Crippen LogP contribution in [-0.4, -0.2) is 29.6 Å². The van der Waals surface area contributed by atoms with E-state index in [1.54, 1.807) is 4.90 Å². The number of unbranched alkanes of at least 4 members (excludes halogenated alkanes) is 1. The summed E-state index contributed by atoms with van der Waals surface area (Å²) < 4.78 is 0. The van der Waals surface area contributed by atoms with E-state index in [-0.39, 0.29) is 18.4 Å². The van der Waals surface area contributed by atoms with E-state index in [1.807, 2.05) is 78.9 Å². The summed E-state index contributed by atoms with van der Waals surface area (Å²) in [5, 5.41) is 5.42. The molecule has 270 valence electrons. The monoisotopic (exact) mass is 704 g/mol. The van der Waals surface area contributed by atoms with Crippen molar-refractivity contribution in [2.24, 2.45) is 28.5 Å². The lowest BCUT2D eigenvalue weighted by Gasteiger charge is -2.29. The summed E-state index contributed by atoms with van der Waals surface area (Å²) in [5.74, 6) is -2.04. The van der Waals surface area contributed by atoms with E-state index < -0.39 is 23.9 Å². The number of nitrogens with zero attached hydrogens (tertiary/aromatic N) is 2. The molecule has 3 unspecified atom stereocenters. The van der Waals surface area contributed by atoms with Gasteiger partial charge in [0.15, 0.2) is 0 Å². The lowest BCUT2D eigenvalue weighted by atomic mass is 9.80. The van der Waals surface area contributed by atoms with E-state index in [9.17, 15) is 14.4 Å². The highest BCUT2D eigenvalue weighted by molar-refractivity contribution is 6.20. The molecule has 1 fully saturated rings. The smallest absolute Gasteiger partial charge is 0.272 e. The average Bonchev–Trinajstić information content (AvgIpc) is 3.68. The number of anilines is 1. The van der Waals surface area contributed by atoms with Gasteiger partial charge in [-0.25, -0.2) is 4.99 Å². The van der Waals surface area contributed by atoms with Crippen LogP contribution in [0.4, 0.5) is 5.69 Å². The first-order chi connectivity index (χ1) is 25.9. The number of hydrogen-bond donors (Lipinski definition) is 2. The number of benzodiazepines with no additional fused rings is 1. The van der Waals surface area contributed by atoms with Crippen molar-refractivity contribution < 1.29 is 14.4 Å². The van der Waals surface area contributed by atoms with Crippen molar-refractivity contribution in [3.05, 3.63) is 138 Å². The summed E-state index contributed by atoms with van der Waals surface area (Å²) >= 11 is 0. The minimum Gasteiger partial charge on any atom is -0.369 e. The highest BCUT2D eigenvalue weighted by Crippen LogP contribution is 2.36. The molecule has 0 aromatic heterocycles. The summed E-state index contributed by atoms with van der Waals surface area (Å²) in [7, 11) is 0. The SMILES string of the molecule is CCCCC(C(N)=O)C(CC1CCCC1)C(=O)NC1N=C(c2ccccc2)c2ccccc2N(Cc2cccc(-c3ccc4ccccc4c3)c2)C1=O. The Balaban J connectivity index is 1.26. The number of para-hydroxylation sites is 1. The standard InChI is InChI=1S/C46H48N4O3/c1-2-3-22-38(43(47)51)40(28-31-14-7-8-15-31)45(52)49-44-46(53)50(41-24-12-11-23-39(41)42(48-44)34-18-5-4-6-19-34)30-32-16-13-21-35(27-32)37-26-25-33-17-9-10-20-36(33)29-37/h4-6,9-13,16-21,23-27,29,31,38,40,44H,2-3,7-8,14-15,22,28,30H2,1H3,(H2,47,51)(H,49,52). The second-order valence-electron chi connectivity index (χ2n) is 14.6. The third kappa shape index (κ3) is 8.10. The van der Waals surface area contributed by atoms with Crippen molar-refractivity contribution in [3.63, 3.8) is 0 Å². The molecule has 3 atom stereocenters. The van der Waals surface area contributed by atoms with Crippen LogP contribution in [0.15, 0.2) is 126 Å². The second-order valence-corrected chi connectivity index (χ2v) is 14.6. The van der Waals surface area contributed by atoms with Crippen LogP contribution in [0, 0.1) is 17.8 Å². The molecule has 0 radical (unpaired) electrons. The third-order valence-corrected chi connectivity index (χ3v) is 11.0. The van der Waals surface area contributed by atoms with Gasteiger partial charge in [0.2, 0.25) is 18.0 Å². The molecule has 5 aromatic rings. The molecule has 0 spiro atoms. The number of benzene rings is 5. The quantitative estimate of drug-likeness (QED) is 0.128. The molecule has 1 aliphatic heterocycles. The van der Waals surface area contributed by atoms with Gasteiger partial charge >= 0.3 is 0 Å². The molecule has 3 N–H and O–H groups in total. The number of fused-ring (bicyclic) bond motifs is 2. The Morgan fingerprint density at radius 2 is 1.49 bits per heavy atom. The molecule has 1 heterocycles. The Morgan fingerprint density at radius 3 is 2.26 bits per heavy atom. The van der Waals surface area contributed by atoms with Gasteiger partial charge in [-0.1, -0.05) is 149 Å². The topological polar surface area (TPSA) is 105 Å². The number of aliphatic imine (C=N–C) groups is 1. The van der Waals surface area contributed by atoms with E-state index >= 15 is 0 Å². The van der Waals surface area contributed by atoms with Gasteiger partial charge in [-0.3, -0.25) is 14.4 Å². The largest absolute Gasteiger partial charge is 0.369 e. The van der Waals surface area contributed by atoms with Crippen molar-refractivity contribution in [1.82, 2.24) is 5.32 Å². The third-order valence-electron chi connectivity index (χ3n) is 11.0. The number of carbonyl (C=O) groups excluding carboxylic acids is 3. The van der Waals surface area contributed by atoms with Gasteiger partial charge in [0.25, 0.3) is 5.91 Å². The second kappa shape index (κ2) is 16.4. The molecule has 5 aromatic carbocycles. The number of primary amides is 1. The van der Waals surface area contributed by atoms with Crippen molar-refractivity contribution in [3.8, 4) is 11.1 Å². The molecule has 0 saturated heterocycles. The fourth-order valence-corrected chi connectivity index (χ4v) is 8.18. The highest BCUT2D eigenvalue weighted by atomic mass is 16.2. The van der Waals surface area contributed by atoms with Crippen LogP contribution in [0.2, 0.25) is 0 Å². The molecular weight excluding hydrogens is 657 g/mol. The van der Waals surface area contributed by atoms with Gasteiger partial charge < -0.3 is 16.0 Å².